The van der Waals surface area contributed by atoms with Gasteiger partial charge < -0.3 is 24.1 Å². The number of aliphatic carboxylic acids is 1. The molecule has 0 spiro atoms. The second-order valence-electron chi connectivity index (χ2n) is 7.41. The van der Waals surface area contributed by atoms with Crippen LogP contribution in [0.2, 0.25) is 0 Å². The van der Waals surface area contributed by atoms with Crippen molar-refractivity contribution in [2.24, 2.45) is 0 Å². The molecule has 2 heterocycles. The fraction of sp³-hybridized carbons (Fsp3) is 0.208. The van der Waals surface area contributed by atoms with E-state index in [-0.39, 0.29) is 12.8 Å². The summed E-state index contributed by atoms with van der Waals surface area (Å²) < 4.78 is 11.4. The lowest BCUT2D eigenvalue weighted by Crippen LogP contribution is -2.37. The van der Waals surface area contributed by atoms with Crippen molar-refractivity contribution in [2.45, 2.75) is 26.7 Å². The van der Waals surface area contributed by atoms with Crippen LogP contribution in [-0.4, -0.2) is 18.4 Å². The summed E-state index contributed by atoms with van der Waals surface area (Å²) in [7, 11) is 0. The first-order chi connectivity index (χ1) is 14.9. The summed E-state index contributed by atoms with van der Waals surface area (Å²) in [6.07, 6.45) is 1.80. The van der Waals surface area contributed by atoms with Crippen LogP contribution < -0.4 is 16.0 Å². The zero-order valence-corrected chi connectivity index (χ0v) is 17.1. The Balaban J connectivity index is 1.78. The Morgan fingerprint density at radius 2 is 1.77 bits per heavy atom. The maximum atomic E-state index is 12.6. The van der Waals surface area contributed by atoms with Gasteiger partial charge in [0.05, 0.1) is 18.8 Å². The molecule has 0 saturated carbocycles. The van der Waals surface area contributed by atoms with Gasteiger partial charge in [0.1, 0.15) is 11.2 Å². The van der Waals surface area contributed by atoms with Crippen molar-refractivity contribution in [1.29, 1.82) is 0 Å². The van der Waals surface area contributed by atoms with Crippen molar-refractivity contribution >= 4 is 33.8 Å². The number of carboxylic acids is 1. The Labute approximate surface area is 177 Å². The number of carboxylic acid groups (broad SMARTS) is 1. The van der Waals surface area contributed by atoms with Crippen molar-refractivity contribution in [1.82, 2.24) is 5.32 Å². The molecule has 0 fully saturated rings. The second kappa shape index (κ2) is 8.10. The average molecular weight is 418 g/mol. The molecule has 2 aromatic heterocycles. The molecule has 0 unspecified atom stereocenters. The van der Waals surface area contributed by atoms with E-state index >= 15 is 0 Å². The Bertz CT molecular complexity index is 1360. The minimum absolute atomic E-state index is 0.0351. The van der Waals surface area contributed by atoms with Crippen LogP contribution in [0.4, 0.5) is 0 Å². The van der Waals surface area contributed by atoms with Crippen LogP contribution in [0.25, 0.3) is 33.1 Å². The molecule has 2 aromatic carbocycles. The van der Waals surface area contributed by atoms with Gasteiger partial charge in [0.25, 0.3) is 0 Å². The molecule has 0 aliphatic carbocycles. The fourth-order valence-corrected chi connectivity index (χ4v) is 3.82. The highest BCUT2D eigenvalue weighted by molar-refractivity contribution is 6.04. The molecular formula is C24H20NO6-. The van der Waals surface area contributed by atoms with E-state index < -0.39 is 24.0 Å². The molecule has 4 rings (SSSR count). The first kappa shape index (κ1) is 20.4. The quantitative estimate of drug-likeness (QED) is 0.482. The lowest BCUT2D eigenvalue weighted by atomic mass is 9.97. The van der Waals surface area contributed by atoms with Crippen molar-refractivity contribution in [3.8, 4) is 11.1 Å². The smallest absolute Gasteiger partial charge is 0.339 e. The number of hydrogen-bond donors (Lipinski definition) is 1. The largest absolute Gasteiger partial charge is 0.548 e. The van der Waals surface area contributed by atoms with Crippen molar-refractivity contribution < 1.29 is 23.5 Å². The lowest BCUT2D eigenvalue weighted by molar-refractivity contribution is -0.304. The highest BCUT2D eigenvalue weighted by Crippen LogP contribution is 2.37. The van der Waals surface area contributed by atoms with Gasteiger partial charge in [0.2, 0.25) is 5.91 Å². The van der Waals surface area contributed by atoms with Crippen LogP contribution in [0.1, 0.15) is 23.1 Å². The number of hydrogen-bond acceptors (Lipinski definition) is 6. The Hall–Kier alpha value is -3.87. The normalized spacial score (nSPS) is 11.2. The van der Waals surface area contributed by atoms with Crippen LogP contribution in [0.3, 0.4) is 0 Å². The fourth-order valence-electron chi connectivity index (χ4n) is 3.82. The molecule has 4 aromatic rings. The molecule has 0 aliphatic heterocycles. The summed E-state index contributed by atoms with van der Waals surface area (Å²) in [5, 5.41) is 14.4. The summed E-state index contributed by atoms with van der Waals surface area (Å²) in [6.45, 7) is 3.10. The average Bonchev–Trinajstić information content (AvgIpc) is 3.18. The van der Waals surface area contributed by atoms with E-state index in [4.69, 9.17) is 8.83 Å². The maximum absolute atomic E-state index is 12.6. The van der Waals surface area contributed by atoms with Crippen LogP contribution in [0.15, 0.2) is 56.3 Å². The van der Waals surface area contributed by atoms with Crippen molar-refractivity contribution in [2.75, 3.05) is 6.54 Å². The van der Waals surface area contributed by atoms with Gasteiger partial charge in [-0.25, -0.2) is 4.79 Å². The number of carbonyl (C=O) groups is 2. The molecule has 1 amide bonds. The van der Waals surface area contributed by atoms with Gasteiger partial charge in [-0.05, 0) is 37.5 Å². The van der Waals surface area contributed by atoms with Crippen LogP contribution in [0.5, 0.6) is 0 Å². The number of nitrogens with one attached hydrogen (secondary N) is 1. The number of aryl methyl sites for hydroxylation is 2. The number of carbonyl (C=O) groups excluding carboxylic acids is 2. The van der Waals surface area contributed by atoms with Gasteiger partial charge in [0.15, 0.2) is 0 Å². The van der Waals surface area contributed by atoms with Gasteiger partial charge >= 0.3 is 5.63 Å². The first-order valence-corrected chi connectivity index (χ1v) is 9.86. The van der Waals surface area contributed by atoms with Crippen molar-refractivity contribution in [3.63, 3.8) is 0 Å². The van der Waals surface area contributed by atoms with E-state index in [1.807, 2.05) is 50.2 Å². The molecule has 0 atom stereocenters. The highest BCUT2D eigenvalue weighted by Gasteiger charge is 2.19. The molecule has 0 radical (unpaired) electrons. The summed E-state index contributed by atoms with van der Waals surface area (Å²) in [5.74, 6) is -1.85. The molecule has 7 heteroatoms. The van der Waals surface area contributed by atoms with E-state index in [0.29, 0.717) is 16.7 Å². The van der Waals surface area contributed by atoms with Gasteiger partial charge in [-0.3, -0.25) is 4.79 Å². The van der Waals surface area contributed by atoms with E-state index in [1.54, 1.807) is 6.26 Å². The second-order valence-corrected chi connectivity index (χ2v) is 7.41. The number of rotatable bonds is 6. The van der Waals surface area contributed by atoms with Crippen LogP contribution in [-0.2, 0) is 16.0 Å². The van der Waals surface area contributed by atoms with E-state index in [0.717, 1.165) is 33.0 Å². The van der Waals surface area contributed by atoms with Crippen molar-refractivity contribution in [3.05, 3.63) is 69.8 Å². The molecule has 31 heavy (non-hydrogen) atoms. The summed E-state index contributed by atoms with van der Waals surface area (Å²) in [6, 6.07) is 11.8. The van der Waals surface area contributed by atoms with E-state index in [2.05, 4.69) is 5.32 Å². The predicted molar refractivity (Wildman–Crippen MR) is 114 cm³/mol. The summed E-state index contributed by atoms with van der Waals surface area (Å²) in [5.41, 5.74) is 4.39. The first-order valence-electron chi connectivity index (χ1n) is 9.86. The summed E-state index contributed by atoms with van der Waals surface area (Å²) in [4.78, 5) is 35.0. The van der Waals surface area contributed by atoms with Crippen LogP contribution in [0, 0.1) is 13.8 Å². The maximum Gasteiger partial charge on any atom is 0.339 e. The minimum Gasteiger partial charge on any atom is -0.548 e. The van der Waals surface area contributed by atoms with Gasteiger partial charge in [-0.1, -0.05) is 30.3 Å². The third kappa shape index (κ3) is 3.82. The minimum atomic E-state index is -1.37. The lowest BCUT2D eigenvalue weighted by Gasteiger charge is -2.11. The zero-order valence-electron chi connectivity index (χ0n) is 17.1. The number of amides is 1. The third-order valence-electron chi connectivity index (χ3n) is 5.46. The number of fused-ring (bicyclic) bond motifs is 2. The SMILES string of the molecule is Cc1c(CCC(=O)NCC(=O)[O-])c(=O)oc2c(C)c3occ(-c4ccccc4)c3cc12. The Morgan fingerprint density at radius 1 is 1.03 bits per heavy atom. The predicted octanol–water partition coefficient (Wildman–Crippen LogP) is 2.62. The Kier molecular flexibility index (Phi) is 5.33. The van der Waals surface area contributed by atoms with Crippen LogP contribution >= 0.6 is 0 Å². The van der Waals surface area contributed by atoms with Gasteiger partial charge in [-0.15, -0.1) is 0 Å². The molecular weight excluding hydrogens is 398 g/mol. The molecule has 7 nitrogen and oxygen atoms in total. The number of furan rings is 1. The Morgan fingerprint density at radius 3 is 2.48 bits per heavy atom. The highest BCUT2D eigenvalue weighted by atomic mass is 16.4. The summed E-state index contributed by atoms with van der Waals surface area (Å²) >= 11 is 0. The molecule has 0 saturated heterocycles. The van der Waals surface area contributed by atoms with E-state index in [9.17, 15) is 19.5 Å². The third-order valence-corrected chi connectivity index (χ3v) is 5.46. The topological polar surface area (TPSA) is 113 Å². The van der Waals surface area contributed by atoms with Gasteiger partial charge in [-0.2, -0.15) is 0 Å². The van der Waals surface area contributed by atoms with Gasteiger partial charge in [0, 0.05) is 33.9 Å². The molecule has 158 valence electrons. The molecule has 0 bridgehead atoms. The zero-order chi connectivity index (χ0) is 22.1. The van der Waals surface area contributed by atoms with E-state index in [1.165, 1.54) is 0 Å². The number of benzene rings is 2. The monoisotopic (exact) mass is 418 g/mol. The molecule has 0 aliphatic rings. The molecule has 1 N–H and O–H groups in total. The standard InChI is InChI=1S/C24H21NO6/c1-13-16(8-9-20(26)25-11-21(27)28)24(29)31-23-14(2)22-18(10-17(13)23)19(12-30-22)15-6-4-3-5-7-15/h3-7,10,12H,8-9,11H2,1-2H3,(H,25,26)(H,27,28)/p-1.